The number of aliphatic hydroxyl groups is 4. The van der Waals surface area contributed by atoms with E-state index >= 15 is 0 Å². The number of rotatable bonds is 3. The molecule has 25 heavy (non-hydrogen) atoms. The Bertz CT molecular complexity index is 532. The second-order valence-corrected chi connectivity index (χ2v) is 7.72. The molecule has 2 aliphatic rings. The molecule has 8 atom stereocenters. The Hall–Kier alpha value is -0.940. The van der Waals surface area contributed by atoms with Crippen molar-refractivity contribution in [3.8, 4) is 11.8 Å². The third-order valence-electron chi connectivity index (χ3n) is 5.08. The van der Waals surface area contributed by atoms with Crippen LogP contribution in [0, 0.1) is 29.1 Å². The van der Waals surface area contributed by atoms with Crippen LogP contribution < -0.4 is 0 Å². The molecule has 1 heterocycles. The van der Waals surface area contributed by atoms with E-state index in [1.54, 1.807) is 6.92 Å². The minimum Gasteiger partial charge on any atom is -0.394 e. The number of allylic oxidation sites excluding steroid dienone is 2. The molecule has 0 aromatic rings. The Morgan fingerprint density at radius 1 is 1.24 bits per heavy atom. The lowest BCUT2D eigenvalue weighted by molar-refractivity contribution is -0.305. The molecule has 1 fully saturated rings. The smallest absolute Gasteiger partial charge is 0.188 e. The number of hydrogen-bond acceptors (Lipinski definition) is 6. The fourth-order valence-corrected chi connectivity index (χ4v) is 3.49. The summed E-state index contributed by atoms with van der Waals surface area (Å²) >= 11 is 0. The molecule has 2 rings (SSSR count). The second kappa shape index (κ2) is 8.17. The zero-order valence-electron chi connectivity index (χ0n) is 15.3. The van der Waals surface area contributed by atoms with E-state index in [2.05, 4.69) is 44.8 Å². The van der Waals surface area contributed by atoms with Crippen molar-refractivity contribution in [2.75, 3.05) is 6.61 Å². The van der Waals surface area contributed by atoms with Crippen LogP contribution in [0.4, 0.5) is 0 Å². The predicted molar refractivity (Wildman–Crippen MR) is 92.3 cm³/mol. The molecule has 0 bridgehead atoms. The summed E-state index contributed by atoms with van der Waals surface area (Å²) in [5.41, 5.74) is 0.0734. The van der Waals surface area contributed by atoms with Gasteiger partial charge in [-0.05, 0) is 24.7 Å². The standard InChI is InChI=1S/C19H30O6/c1-11-6-5-9-19(3,4)13(11)8-7-12(2)24-18-17(23)16(22)15(21)14(10-20)25-18/h5-6,11-18,20-23H,9-10H2,1-4H3/t11?,12?,13?,14-,15-,16+,17-,18-/m1/s1. The first-order valence-electron chi connectivity index (χ1n) is 8.81. The van der Waals surface area contributed by atoms with Gasteiger partial charge >= 0.3 is 0 Å². The highest BCUT2D eigenvalue weighted by molar-refractivity contribution is 5.17. The molecule has 0 amide bonds. The van der Waals surface area contributed by atoms with Crippen molar-refractivity contribution in [2.24, 2.45) is 17.3 Å². The Kier molecular flexibility index (Phi) is 6.66. The molecule has 0 aromatic carbocycles. The van der Waals surface area contributed by atoms with Gasteiger partial charge in [-0.3, -0.25) is 0 Å². The lowest BCUT2D eigenvalue weighted by Gasteiger charge is -2.40. The van der Waals surface area contributed by atoms with Crippen LogP contribution in [0.2, 0.25) is 0 Å². The van der Waals surface area contributed by atoms with Gasteiger partial charge in [0.05, 0.1) is 6.61 Å². The minimum absolute atomic E-state index is 0.0734. The fraction of sp³-hybridized carbons (Fsp3) is 0.789. The monoisotopic (exact) mass is 354 g/mol. The normalized spacial score (nSPS) is 41.7. The molecule has 6 heteroatoms. The van der Waals surface area contributed by atoms with Crippen LogP contribution in [-0.4, -0.2) is 63.8 Å². The first kappa shape index (κ1) is 20.4. The highest BCUT2D eigenvalue weighted by atomic mass is 16.7. The third-order valence-corrected chi connectivity index (χ3v) is 5.08. The number of aliphatic hydroxyl groups excluding tert-OH is 4. The van der Waals surface area contributed by atoms with Gasteiger partial charge in [0.15, 0.2) is 6.29 Å². The quantitative estimate of drug-likeness (QED) is 0.433. The van der Waals surface area contributed by atoms with E-state index in [1.807, 2.05) is 0 Å². The maximum Gasteiger partial charge on any atom is 0.188 e. The highest BCUT2D eigenvalue weighted by Crippen LogP contribution is 2.39. The largest absolute Gasteiger partial charge is 0.394 e. The van der Waals surface area contributed by atoms with E-state index in [4.69, 9.17) is 9.47 Å². The van der Waals surface area contributed by atoms with Crippen molar-refractivity contribution in [3.05, 3.63) is 12.2 Å². The zero-order valence-corrected chi connectivity index (χ0v) is 15.3. The Labute approximate surface area is 149 Å². The maximum atomic E-state index is 10.0. The van der Waals surface area contributed by atoms with Crippen molar-refractivity contribution in [1.82, 2.24) is 0 Å². The number of ether oxygens (including phenoxy) is 2. The van der Waals surface area contributed by atoms with Gasteiger partial charge in [0.2, 0.25) is 0 Å². The van der Waals surface area contributed by atoms with E-state index in [0.29, 0.717) is 5.92 Å². The van der Waals surface area contributed by atoms with Gasteiger partial charge in [0, 0.05) is 5.92 Å². The van der Waals surface area contributed by atoms with Crippen LogP contribution in [0.3, 0.4) is 0 Å². The van der Waals surface area contributed by atoms with Crippen molar-refractivity contribution in [2.45, 2.75) is 70.9 Å². The van der Waals surface area contributed by atoms with Gasteiger partial charge in [0.25, 0.3) is 0 Å². The second-order valence-electron chi connectivity index (χ2n) is 7.72. The maximum absolute atomic E-state index is 10.0. The summed E-state index contributed by atoms with van der Waals surface area (Å²) in [5.74, 6) is 6.88. The Balaban J connectivity index is 2.03. The van der Waals surface area contributed by atoms with Crippen LogP contribution in [0.5, 0.6) is 0 Å². The first-order valence-corrected chi connectivity index (χ1v) is 8.81. The summed E-state index contributed by atoms with van der Waals surface area (Å²) in [6.45, 7) is 7.78. The molecular formula is C19H30O6. The van der Waals surface area contributed by atoms with E-state index in [0.717, 1.165) is 6.42 Å². The summed E-state index contributed by atoms with van der Waals surface area (Å²) in [6.07, 6.45) is -1.58. The topological polar surface area (TPSA) is 99.4 Å². The highest BCUT2D eigenvalue weighted by Gasteiger charge is 2.44. The van der Waals surface area contributed by atoms with E-state index in [1.165, 1.54) is 0 Å². The molecule has 3 unspecified atom stereocenters. The molecule has 1 saturated heterocycles. The lowest BCUT2D eigenvalue weighted by atomic mass is 9.67. The van der Waals surface area contributed by atoms with Gasteiger partial charge in [-0.15, -0.1) is 0 Å². The van der Waals surface area contributed by atoms with Gasteiger partial charge in [-0.1, -0.05) is 44.8 Å². The summed E-state index contributed by atoms with van der Waals surface area (Å²) in [7, 11) is 0. The minimum atomic E-state index is -1.45. The van der Waals surface area contributed by atoms with Gasteiger partial charge in [0.1, 0.15) is 30.5 Å². The molecule has 4 N–H and O–H groups in total. The Morgan fingerprint density at radius 3 is 2.52 bits per heavy atom. The SMILES string of the molecule is CC(C#CC1C(C)C=CCC1(C)C)O[C@@H]1O[C@H](CO)[C@@H](O)[C@H](O)[C@H]1O. The lowest BCUT2D eigenvalue weighted by Crippen LogP contribution is -2.59. The summed E-state index contributed by atoms with van der Waals surface area (Å²) < 4.78 is 10.9. The van der Waals surface area contributed by atoms with Crippen LogP contribution in [0.25, 0.3) is 0 Å². The molecule has 1 aliphatic carbocycles. The van der Waals surface area contributed by atoms with Crippen LogP contribution >= 0.6 is 0 Å². The van der Waals surface area contributed by atoms with Crippen LogP contribution in [0.1, 0.15) is 34.1 Å². The predicted octanol–water partition coefficient (Wildman–Crippen LogP) is 0.433. The van der Waals surface area contributed by atoms with E-state index < -0.39 is 43.4 Å². The summed E-state index contributed by atoms with van der Waals surface area (Å²) in [4.78, 5) is 0. The molecule has 0 aromatic heterocycles. The molecule has 0 spiro atoms. The summed E-state index contributed by atoms with van der Waals surface area (Å²) in [6, 6.07) is 0. The number of hydrogen-bond donors (Lipinski definition) is 4. The average molecular weight is 354 g/mol. The molecule has 0 radical (unpaired) electrons. The summed E-state index contributed by atoms with van der Waals surface area (Å²) in [5, 5.41) is 38.8. The van der Waals surface area contributed by atoms with Crippen molar-refractivity contribution in [1.29, 1.82) is 0 Å². The van der Waals surface area contributed by atoms with Gasteiger partial charge in [-0.25, -0.2) is 0 Å². The van der Waals surface area contributed by atoms with Gasteiger partial charge < -0.3 is 29.9 Å². The van der Waals surface area contributed by atoms with Crippen molar-refractivity contribution >= 4 is 0 Å². The molecule has 1 aliphatic heterocycles. The zero-order chi connectivity index (χ0) is 18.8. The molecule has 6 nitrogen and oxygen atoms in total. The van der Waals surface area contributed by atoms with Crippen LogP contribution in [0.15, 0.2) is 12.2 Å². The van der Waals surface area contributed by atoms with Crippen LogP contribution in [-0.2, 0) is 9.47 Å². The molecule has 0 saturated carbocycles. The third kappa shape index (κ3) is 4.62. The fourth-order valence-electron chi connectivity index (χ4n) is 3.49. The Morgan fingerprint density at radius 2 is 1.92 bits per heavy atom. The van der Waals surface area contributed by atoms with E-state index in [9.17, 15) is 20.4 Å². The van der Waals surface area contributed by atoms with Crippen molar-refractivity contribution in [3.63, 3.8) is 0 Å². The first-order chi connectivity index (χ1) is 11.7. The van der Waals surface area contributed by atoms with Crippen molar-refractivity contribution < 1.29 is 29.9 Å². The van der Waals surface area contributed by atoms with Gasteiger partial charge in [-0.2, -0.15) is 0 Å². The molecular weight excluding hydrogens is 324 g/mol. The average Bonchev–Trinajstić information content (AvgIpc) is 2.54. The van der Waals surface area contributed by atoms with E-state index in [-0.39, 0.29) is 11.3 Å². The molecule has 142 valence electrons.